The zero-order valence-corrected chi connectivity index (χ0v) is 13.7. The second-order valence-corrected chi connectivity index (χ2v) is 7.49. The molecule has 122 valence electrons. The largest absolute Gasteiger partial charge is 0.507 e. The molecule has 0 spiro atoms. The Balaban J connectivity index is 1.94. The molecule has 0 aliphatic rings. The minimum absolute atomic E-state index is 0.114. The Morgan fingerprint density at radius 2 is 1.62 bits per heavy atom. The van der Waals surface area contributed by atoms with E-state index in [2.05, 4.69) is 5.32 Å². The summed E-state index contributed by atoms with van der Waals surface area (Å²) < 4.78 is 23.2. The van der Waals surface area contributed by atoms with Crippen LogP contribution in [0.4, 0.5) is 5.69 Å². The van der Waals surface area contributed by atoms with E-state index in [1.54, 1.807) is 18.2 Å². The molecule has 0 saturated heterocycles. The lowest BCUT2D eigenvalue weighted by Crippen LogP contribution is -2.12. The van der Waals surface area contributed by atoms with Crippen LogP contribution < -0.4 is 5.32 Å². The third kappa shape index (κ3) is 3.23. The van der Waals surface area contributed by atoms with Crippen LogP contribution in [0.1, 0.15) is 10.4 Å². The Kier molecular flexibility index (Phi) is 3.99. The molecule has 0 atom stereocenters. The van der Waals surface area contributed by atoms with Gasteiger partial charge >= 0.3 is 0 Å². The predicted molar refractivity (Wildman–Crippen MR) is 93.1 cm³/mol. The number of carbonyl (C=O) groups excluding carboxylic acids is 1. The van der Waals surface area contributed by atoms with Crippen LogP contribution in [0.25, 0.3) is 10.8 Å². The highest BCUT2D eigenvalue weighted by Gasteiger charge is 2.14. The van der Waals surface area contributed by atoms with Crippen molar-refractivity contribution in [1.82, 2.24) is 0 Å². The SMILES string of the molecule is CS(=O)(=O)c1cccc(NC(=O)c2cc3ccccc3cc2O)c1. The quantitative estimate of drug-likeness (QED) is 0.766. The van der Waals surface area contributed by atoms with E-state index in [9.17, 15) is 18.3 Å². The van der Waals surface area contributed by atoms with Crippen molar-refractivity contribution in [1.29, 1.82) is 0 Å². The van der Waals surface area contributed by atoms with Gasteiger partial charge in [-0.1, -0.05) is 30.3 Å². The predicted octanol–water partition coefficient (Wildman–Crippen LogP) is 3.20. The minimum atomic E-state index is -3.36. The van der Waals surface area contributed by atoms with Crippen molar-refractivity contribution < 1.29 is 18.3 Å². The second kappa shape index (κ2) is 5.98. The number of aromatic hydroxyl groups is 1. The molecule has 0 saturated carbocycles. The van der Waals surface area contributed by atoms with Crippen molar-refractivity contribution in [3.8, 4) is 5.75 Å². The van der Waals surface area contributed by atoms with Gasteiger partial charge in [-0.2, -0.15) is 0 Å². The fourth-order valence-electron chi connectivity index (χ4n) is 2.41. The van der Waals surface area contributed by atoms with Crippen molar-refractivity contribution in [2.24, 2.45) is 0 Å². The van der Waals surface area contributed by atoms with E-state index in [0.29, 0.717) is 5.69 Å². The zero-order valence-electron chi connectivity index (χ0n) is 12.9. The van der Waals surface area contributed by atoms with Gasteiger partial charge in [0.05, 0.1) is 10.5 Å². The molecule has 0 heterocycles. The normalized spacial score (nSPS) is 11.4. The molecular weight excluding hydrogens is 326 g/mol. The highest BCUT2D eigenvalue weighted by molar-refractivity contribution is 7.90. The van der Waals surface area contributed by atoms with E-state index in [1.165, 1.54) is 18.2 Å². The second-order valence-electron chi connectivity index (χ2n) is 5.47. The van der Waals surface area contributed by atoms with E-state index >= 15 is 0 Å². The maximum absolute atomic E-state index is 12.4. The van der Waals surface area contributed by atoms with Crippen LogP contribution in [-0.4, -0.2) is 25.7 Å². The number of nitrogens with one attached hydrogen (secondary N) is 1. The Morgan fingerprint density at radius 3 is 2.29 bits per heavy atom. The zero-order chi connectivity index (χ0) is 17.3. The van der Waals surface area contributed by atoms with Gasteiger partial charge in [0.25, 0.3) is 5.91 Å². The molecular formula is C18H15NO4S. The van der Waals surface area contributed by atoms with Crippen molar-refractivity contribution in [3.05, 3.63) is 66.2 Å². The lowest BCUT2D eigenvalue weighted by molar-refractivity contribution is 0.102. The number of amides is 1. The van der Waals surface area contributed by atoms with Crippen LogP contribution >= 0.6 is 0 Å². The highest BCUT2D eigenvalue weighted by atomic mass is 32.2. The smallest absolute Gasteiger partial charge is 0.259 e. The first-order valence-corrected chi connectivity index (χ1v) is 9.07. The molecule has 24 heavy (non-hydrogen) atoms. The summed E-state index contributed by atoms with van der Waals surface area (Å²) in [4.78, 5) is 12.5. The van der Waals surface area contributed by atoms with E-state index in [0.717, 1.165) is 17.0 Å². The Labute approximate surface area is 139 Å². The van der Waals surface area contributed by atoms with Crippen molar-refractivity contribution in [2.75, 3.05) is 11.6 Å². The molecule has 0 unspecified atom stereocenters. The van der Waals surface area contributed by atoms with Gasteiger partial charge in [0, 0.05) is 11.9 Å². The van der Waals surface area contributed by atoms with E-state index < -0.39 is 15.7 Å². The summed E-state index contributed by atoms with van der Waals surface area (Å²) in [6.07, 6.45) is 1.10. The summed E-state index contributed by atoms with van der Waals surface area (Å²) in [7, 11) is -3.36. The average molecular weight is 341 g/mol. The Hall–Kier alpha value is -2.86. The van der Waals surface area contributed by atoms with Gasteiger partial charge in [-0.25, -0.2) is 8.42 Å². The molecule has 0 radical (unpaired) electrons. The molecule has 6 heteroatoms. The van der Waals surface area contributed by atoms with Gasteiger partial charge in [0.15, 0.2) is 9.84 Å². The van der Waals surface area contributed by atoms with Gasteiger partial charge in [0.2, 0.25) is 0 Å². The molecule has 3 aromatic carbocycles. The third-order valence-corrected chi connectivity index (χ3v) is 4.74. The summed E-state index contributed by atoms with van der Waals surface area (Å²) in [6, 6.07) is 16.5. The molecule has 0 aliphatic heterocycles. The van der Waals surface area contributed by atoms with Gasteiger partial charge in [0.1, 0.15) is 5.75 Å². The molecule has 3 rings (SSSR count). The maximum atomic E-state index is 12.4. The molecule has 0 aliphatic carbocycles. The number of carbonyl (C=O) groups is 1. The number of phenols is 1. The first-order valence-electron chi connectivity index (χ1n) is 7.18. The van der Waals surface area contributed by atoms with Gasteiger partial charge in [-0.05, 0) is 41.1 Å². The van der Waals surface area contributed by atoms with E-state index in [4.69, 9.17) is 0 Å². The summed E-state index contributed by atoms with van der Waals surface area (Å²) in [5.41, 5.74) is 0.467. The highest BCUT2D eigenvalue weighted by Crippen LogP contribution is 2.26. The van der Waals surface area contributed by atoms with Crippen LogP contribution in [0.5, 0.6) is 5.75 Å². The summed E-state index contributed by atoms with van der Waals surface area (Å²) >= 11 is 0. The monoisotopic (exact) mass is 341 g/mol. The topological polar surface area (TPSA) is 83.5 Å². The molecule has 2 N–H and O–H groups in total. The molecule has 0 bridgehead atoms. The van der Waals surface area contributed by atoms with Crippen LogP contribution in [0.3, 0.4) is 0 Å². The first kappa shape index (κ1) is 16.0. The summed E-state index contributed by atoms with van der Waals surface area (Å²) in [6.45, 7) is 0. The summed E-state index contributed by atoms with van der Waals surface area (Å²) in [5, 5.41) is 14.3. The van der Waals surface area contributed by atoms with E-state index in [-0.39, 0.29) is 16.2 Å². The van der Waals surface area contributed by atoms with Crippen LogP contribution in [0.15, 0.2) is 65.6 Å². The number of anilines is 1. The average Bonchev–Trinajstić information content (AvgIpc) is 2.53. The standard InChI is InChI=1S/C18H15NO4S/c1-24(22,23)15-8-4-7-14(11-15)19-18(21)16-9-12-5-2-3-6-13(12)10-17(16)20/h2-11,20H,1H3,(H,19,21). The third-order valence-electron chi connectivity index (χ3n) is 3.63. The lowest BCUT2D eigenvalue weighted by Gasteiger charge is -2.09. The number of hydrogen-bond acceptors (Lipinski definition) is 4. The van der Waals surface area contributed by atoms with Crippen molar-refractivity contribution >= 4 is 32.2 Å². The maximum Gasteiger partial charge on any atom is 0.259 e. The fraction of sp³-hybridized carbons (Fsp3) is 0.0556. The van der Waals surface area contributed by atoms with Crippen molar-refractivity contribution in [3.63, 3.8) is 0 Å². The van der Waals surface area contributed by atoms with Gasteiger partial charge in [-0.3, -0.25) is 4.79 Å². The molecule has 0 fully saturated rings. The van der Waals surface area contributed by atoms with Crippen LogP contribution in [-0.2, 0) is 9.84 Å². The number of benzene rings is 3. The van der Waals surface area contributed by atoms with Gasteiger partial charge < -0.3 is 10.4 Å². The number of phenolic OH excluding ortho intramolecular Hbond substituents is 1. The number of rotatable bonds is 3. The minimum Gasteiger partial charge on any atom is -0.507 e. The van der Waals surface area contributed by atoms with Crippen molar-refractivity contribution in [2.45, 2.75) is 4.90 Å². The Morgan fingerprint density at radius 1 is 0.958 bits per heavy atom. The first-order chi connectivity index (χ1) is 11.3. The molecule has 1 amide bonds. The van der Waals surface area contributed by atoms with Crippen LogP contribution in [0.2, 0.25) is 0 Å². The van der Waals surface area contributed by atoms with E-state index in [1.807, 2.05) is 24.3 Å². The number of sulfone groups is 1. The molecule has 5 nitrogen and oxygen atoms in total. The van der Waals surface area contributed by atoms with Gasteiger partial charge in [-0.15, -0.1) is 0 Å². The Bertz CT molecular complexity index is 1040. The number of fused-ring (bicyclic) bond motifs is 1. The number of hydrogen-bond donors (Lipinski definition) is 2. The summed E-state index contributed by atoms with van der Waals surface area (Å²) in [5.74, 6) is -0.644. The molecule has 3 aromatic rings. The molecule has 0 aromatic heterocycles. The van der Waals surface area contributed by atoms with Crippen LogP contribution in [0, 0.1) is 0 Å². The fourth-order valence-corrected chi connectivity index (χ4v) is 3.08. The lowest BCUT2D eigenvalue weighted by atomic mass is 10.1.